The van der Waals surface area contributed by atoms with Crippen molar-refractivity contribution in [1.82, 2.24) is 9.47 Å². The first kappa shape index (κ1) is 19.2. The Morgan fingerprint density at radius 3 is 2.70 bits per heavy atom. The third kappa shape index (κ3) is 3.70. The highest BCUT2D eigenvalue weighted by atomic mass is 32.1. The molecule has 1 N–H and O–H groups in total. The summed E-state index contributed by atoms with van der Waals surface area (Å²) in [5.41, 5.74) is 2.34. The van der Waals surface area contributed by atoms with Crippen LogP contribution in [0.2, 0.25) is 0 Å². The lowest BCUT2D eigenvalue weighted by atomic mass is 9.83. The molecule has 5 rings (SSSR count). The molecule has 2 unspecified atom stereocenters. The summed E-state index contributed by atoms with van der Waals surface area (Å²) in [6.45, 7) is 3.22. The van der Waals surface area contributed by atoms with Crippen molar-refractivity contribution in [3.05, 3.63) is 86.2 Å². The molecule has 1 aromatic carbocycles. The number of aromatic nitrogens is 1. The molecular formula is C23H22FN3O2S. The van der Waals surface area contributed by atoms with Gasteiger partial charge in [0.15, 0.2) is 0 Å². The smallest absolute Gasteiger partial charge is 0.274 e. The number of fused-ring (bicyclic) bond motifs is 4. The van der Waals surface area contributed by atoms with Crippen LogP contribution in [0.3, 0.4) is 0 Å². The zero-order valence-corrected chi connectivity index (χ0v) is 17.2. The van der Waals surface area contributed by atoms with E-state index in [2.05, 4.69) is 10.2 Å². The number of benzene rings is 1. The number of piperidine rings is 1. The van der Waals surface area contributed by atoms with E-state index in [1.807, 2.05) is 34.2 Å². The maximum Gasteiger partial charge on any atom is 0.274 e. The molecule has 0 spiro atoms. The van der Waals surface area contributed by atoms with E-state index >= 15 is 0 Å². The average molecular weight is 424 g/mol. The summed E-state index contributed by atoms with van der Waals surface area (Å²) in [7, 11) is 0. The molecule has 5 nitrogen and oxygen atoms in total. The van der Waals surface area contributed by atoms with E-state index in [4.69, 9.17) is 0 Å². The van der Waals surface area contributed by atoms with Gasteiger partial charge in [-0.25, -0.2) is 4.39 Å². The number of pyridine rings is 1. The summed E-state index contributed by atoms with van der Waals surface area (Å²) < 4.78 is 15.0. The lowest BCUT2D eigenvalue weighted by molar-refractivity contribution is 0.103. The third-order valence-electron chi connectivity index (χ3n) is 5.99. The number of nitrogens with one attached hydrogen (secondary N) is 1. The van der Waals surface area contributed by atoms with Crippen molar-refractivity contribution in [2.24, 2.45) is 5.92 Å². The first-order valence-corrected chi connectivity index (χ1v) is 11.0. The number of carbonyl (C=O) groups is 1. The van der Waals surface area contributed by atoms with Crippen molar-refractivity contribution in [1.29, 1.82) is 0 Å². The minimum Gasteiger partial charge on any atom is -0.317 e. The Balaban J connectivity index is 1.35. The molecule has 0 saturated carbocycles. The van der Waals surface area contributed by atoms with Gasteiger partial charge in [0.2, 0.25) is 0 Å². The van der Waals surface area contributed by atoms with Crippen molar-refractivity contribution < 1.29 is 9.18 Å². The van der Waals surface area contributed by atoms with E-state index in [9.17, 15) is 14.0 Å². The second-order valence-corrected chi connectivity index (χ2v) is 9.09. The Morgan fingerprint density at radius 1 is 1.10 bits per heavy atom. The summed E-state index contributed by atoms with van der Waals surface area (Å²) in [4.78, 5) is 28.4. The Kier molecular flexibility index (Phi) is 5.00. The summed E-state index contributed by atoms with van der Waals surface area (Å²) in [6, 6.07) is 13.9. The monoisotopic (exact) mass is 423 g/mol. The topological polar surface area (TPSA) is 54.3 Å². The van der Waals surface area contributed by atoms with Gasteiger partial charge in [0.05, 0.1) is 4.88 Å². The third-order valence-corrected chi connectivity index (χ3v) is 6.86. The van der Waals surface area contributed by atoms with Gasteiger partial charge in [0, 0.05) is 37.8 Å². The number of nitrogens with zero attached hydrogens (tertiary/aromatic N) is 2. The first-order valence-electron chi connectivity index (χ1n) is 10.1. The van der Waals surface area contributed by atoms with Gasteiger partial charge in [-0.3, -0.25) is 14.5 Å². The fraction of sp³-hybridized carbons (Fsp3) is 0.304. The lowest BCUT2D eigenvalue weighted by Crippen LogP contribution is -2.47. The summed E-state index contributed by atoms with van der Waals surface area (Å²) in [5, 5.41) is 4.61. The van der Waals surface area contributed by atoms with Crippen LogP contribution in [0.15, 0.2) is 58.7 Å². The van der Waals surface area contributed by atoms with Gasteiger partial charge in [-0.15, -0.1) is 11.3 Å². The molecule has 2 aliphatic heterocycles. The fourth-order valence-corrected chi connectivity index (χ4v) is 5.33. The average Bonchev–Trinajstić information content (AvgIpc) is 3.27. The maximum atomic E-state index is 13.2. The Morgan fingerprint density at radius 2 is 1.93 bits per heavy atom. The molecule has 30 heavy (non-hydrogen) atoms. The molecule has 1 saturated heterocycles. The number of rotatable bonds is 4. The van der Waals surface area contributed by atoms with Crippen LogP contribution < -0.4 is 10.9 Å². The van der Waals surface area contributed by atoms with Crippen molar-refractivity contribution in [3.63, 3.8) is 0 Å². The molecule has 1 fully saturated rings. The molecule has 7 heteroatoms. The zero-order chi connectivity index (χ0) is 20.7. The van der Waals surface area contributed by atoms with E-state index in [-0.39, 0.29) is 23.2 Å². The van der Waals surface area contributed by atoms with E-state index in [1.165, 1.54) is 23.5 Å². The Bertz CT molecular complexity index is 1120. The highest BCUT2D eigenvalue weighted by Gasteiger charge is 2.35. The summed E-state index contributed by atoms with van der Waals surface area (Å²) in [5.74, 6) is 0.207. The number of amides is 1. The number of carbonyl (C=O) groups excluding carboxylic acids is 1. The van der Waals surface area contributed by atoms with Crippen molar-refractivity contribution in [3.8, 4) is 0 Å². The lowest BCUT2D eigenvalue weighted by Gasteiger charge is -2.43. The molecule has 2 aromatic heterocycles. The molecule has 0 aliphatic carbocycles. The van der Waals surface area contributed by atoms with Crippen LogP contribution in [-0.4, -0.2) is 28.5 Å². The molecule has 3 aromatic rings. The number of halogens is 1. The number of thiophene rings is 1. The Labute approximate surface area is 177 Å². The maximum absolute atomic E-state index is 13.2. The number of anilines is 1. The summed E-state index contributed by atoms with van der Waals surface area (Å²) in [6.07, 6.45) is 1.07. The van der Waals surface area contributed by atoms with Crippen LogP contribution in [0.5, 0.6) is 0 Å². The predicted molar refractivity (Wildman–Crippen MR) is 115 cm³/mol. The van der Waals surface area contributed by atoms with E-state index < -0.39 is 0 Å². The van der Waals surface area contributed by atoms with E-state index in [1.54, 1.807) is 12.1 Å². The normalized spacial score (nSPS) is 20.6. The molecule has 1 amide bonds. The molecule has 2 bridgehead atoms. The van der Waals surface area contributed by atoms with Crippen LogP contribution in [0, 0.1) is 11.7 Å². The van der Waals surface area contributed by atoms with Gasteiger partial charge in [-0.2, -0.15) is 0 Å². The minimum absolute atomic E-state index is 0.126. The van der Waals surface area contributed by atoms with Crippen molar-refractivity contribution in [2.45, 2.75) is 25.4 Å². The van der Waals surface area contributed by atoms with Crippen LogP contribution >= 0.6 is 11.3 Å². The van der Waals surface area contributed by atoms with Gasteiger partial charge in [0.1, 0.15) is 11.5 Å². The van der Waals surface area contributed by atoms with Crippen LogP contribution in [0.1, 0.15) is 33.3 Å². The molecule has 4 heterocycles. The molecule has 2 atom stereocenters. The molecule has 2 aliphatic rings. The van der Waals surface area contributed by atoms with Crippen molar-refractivity contribution in [2.75, 3.05) is 18.4 Å². The number of likely N-dealkylation sites (tertiary alicyclic amines) is 1. The van der Waals surface area contributed by atoms with Gasteiger partial charge in [-0.1, -0.05) is 18.2 Å². The quantitative estimate of drug-likeness (QED) is 0.692. The first-order chi connectivity index (χ1) is 14.6. The number of hydrogen-bond acceptors (Lipinski definition) is 4. The Hall–Kier alpha value is -2.77. The summed E-state index contributed by atoms with van der Waals surface area (Å²) >= 11 is 1.35. The highest BCUT2D eigenvalue weighted by Crippen LogP contribution is 2.36. The standard InChI is InChI=1S/C23H22FN3O2S/c24-18-5-3-15(4-6-18)11-26-12-16-10-17(14-26)20-8-7-19(23(29)27(20)13-16)25-22(28)21-2-1-9-30-21/h1-9,16-17H,10-14H2,(H,25,28). The van der Waals surface area contributed by atoms with E-state index in [0.717, 1.165) is 37.3 Å². The largest absolute Gasteiger partial charge is 0.317 e. The molecular weight excluding hydrogens is 401 g/mol. The fourth-order valence-electron chi connectivity index (χ4n) is 4.71. The minimum atomic E-state index is -0.246. The molecule has 154 valence electrons. The van der Waals surface area contributed by atoms with Crippen LogP contribution in [0.4, 0.5) is 10.1 Å². The second-order valence-electron chi connectivity index (χ2n) is 8.14. The van der Waals surface area contributed by atoms with Crippen LogP contribution in [0.25, 0.3) is 0 Å². The van der Waals surface area contributed by atoms with Gasteiger partial charge in [-0.05, 0) is 53.6 Å². The zero-order valence-electron chi connectivity index (χ0n) is 16.4. The van der Waals surface area contributed by atoms with Crippen molar-refractivity contribution >= 4 is 22.9 Å². The van der Waals surface area contributed by atoms with E-state index in [0.29, 0.717) is 23.0 Å². The predicted octanol–water partition coefficient (Wildman–Crippen LogP) is 3.92. The number of hydrogen-bond donors (Lipinski definition) is 1. The SMILES string of the molecule is O=C(Nc1ccc2n(c1=O)CC1CC2CN(Cc2ccc(F)cc2)C1)c1cccs1. The van der Waals surface area contributed by atoms with Gasteiger partial charge in [0.25, 0.3) is 11.5 Å². The van der Waals surface area contributed by atoms with Crippen LogP contribution in [-0.2, 0) is 13.1 Å². The second kappa shape index (κ2) is 7.81. The molecule has 0 radical (unpaired) electrons. The van der Waals surface area contributed by atoms with Gasteiger partial charge < -0.3 is 9.88 Å². The highest BCUT2D eigenvalue weighted by molar-refractivity contribution is 7.12. The van der Waals surface area contributed by atoms with Gasteiger partial charge >= 0.3 is 0 Å².